The van der Waals surface area contributed by atoms with E-state index in [0.717, 1.165) is 0 Å². The molecule has 0 saturated heterocycles. The van der Waals surface area contributed by atoms with Crippen LogP contribution in [0.3, 0.4) is 0 Å². The van der Waals surface area contributed by atoms with Crippen molar-refractivity contribution in [2.45, 2.75) is 38.0 Å². The van der Waals surface area contributed by atoms with E-state index in [0.29, 0.717) is 12.8 Å². The summed E-state index contributed by atoms with van der Waals surface area (Å²) in [4.78, 5) is 0. The number of hydrogen-bond donors (Lipinski definition) is 0. The molecule has 0 amide bonds. The zero-order valence-electron chi connectivity index (χ0n) is 7.54. The van der Waals surface area contributed by atoms with Gasteiger partial charge in [0.05, 0.1) is 6.61 Å². The second-order valence-electron chi connectivity index (χ2n) is 2.84. The normalized spacial score (nSPS) is 13.3. The van der Waals surface area contributed by atoms with Gasteiger partial charge in [0.15, 0.2) is 0 Å². The monoisotopic (exact) mass is 219 g/mol. The van der Waals surface area contributed by atoms with Crippen molar-refractivity contribution in [2.24, 2.45) is 0 Å². The largest absolute Gasteiger partial charge is 0.397 e. The molecule has 85 valence electrons. The molecule has 0 bridgehead atoms. The third-order valence-electron chi connectivity index (χ3n) is 1.36. The van der Waals surface area contributed by atoms with Crippen LogP contribution in [0.5, 0.6) is 0 Å². The molecule has 0 saturated carbocycles. The number of alkyl halides is 5. The van der Waals surface area contributed by atoms with Crippen LogP contribution in [0.2, 0.25) is 0 Å². The fourth-order valence-corrected chi connectivity index (χ4v) is 0.785. The minimum atomic E-state index is -4.91. The highest BCUT2D eigenvalue weighted by Crippen LogP contribution is 2.32. The van der Waals surface area contributed by atoms with Crippen LogP contribution >= 0.6 is 0 Å². The van der Waals surface area contributed by atoms with Crippen LogP contribution in [0.25, 0.3) is 0 Å². The van der Waals surface area contributed by atoms with Crippen molar-refractivity contribution in [3.05, 3.63) is 6.92 Å². The van der Waals surface area contributed by atoms with Crippen LogP contribution in [0, 0.1) is 6.92 Å². The summed E-state index contributed by atoms with van der Waals surface area (Å²) >= 11 is 0. The van der Waals surface area contributed by atoms with Crippen LogP contribution < -0.4 is 0 Å². The summed E-state index contributed by atoms with van der Waals surface area (Å²) in [7, 11) is 0. The van der Waals surface area contributed by atoms with Gasteiger partial charge in [0.2, 0.25) is 0 Å². The quantitative estimate of drug-likeness (QED) is 0.490. The molecule has 0 rings (SSSR count). The Balaban J connectivity index is 3.72. The SMILES string of the molecule is [CH2]CCCCOC(F)(F)CC(F)(F)F. The van der Waals surface area contributed by atoms with Crippen molar-refractivity contribution < 1.29 is 26.7 Å². The van der Waals surface area contributed by atoms with Crippen LogP contribution in [0.15, 0.2) is 0 Å². The Hall–Kier alpha value is -0.390. The van der Waals surface area contributed by atoms with Crippen LogP contribution in [-0.4, -0.2) is 18.9 Å². The summed E-state index contributed by atoms with van der Waals surface area (Å²) in [6.07, 6.45) is -9.85. The Bertz CT molecular complexity index is 154. The maximum atomic E-state index is 12.4. The second-order valence-corrected chi connectivity index (χ2v) is 2.84. The van der Waals surface area contributed by atoms with Gasteiger partial charge in [-0.3, -0.25) is 0 Å². The Morgan fingerprint density at radius 3 is 2.00 bits per heavy atom. The molecule has 1 nitrogen and oxygen atoms in total. The Morgan fingerprint density at radius 2 is 1.57 bits per heavy atom. The van der Waals surface area contributed by atoms with Crippen LogP contribution in [0.4, 0.5) is 22.0 Å². The van der Waals surface area contributed by atoms with Gasteiger partial charge in [0, 0.05) is 0 Å². The molecule has 6 heteroatoms. The maximum Gasteiger partial charge on any atom is 0.397 e. The smallest absolute Gasteiger partial charge is 0.320 e. The van der Waals surface area contributed by atoms with Gasteiger partial charge in [0.1, 0.15) is 6.42 Å². The summed E-state index contributed by atoms with van der Waals surface area (Å²) in [6.45, 7) is 3.08. The van der Waals surface area contributed by atoms with Crippen LogP contribution in [0.1, 0.15) is 25.7 Å². The van der Waals surface area contributed by atoms with Crippen molar-refractivity contribution in [1.82, 2.24) is 0 Å². The minimum Gasteiger partial charge on any atom is -0.320 e. The molecule has 0 heterocycles. The molecule has 0 fully saturated rings. The summed E-state index contributed by atoms with van der Waals surface area (Å²) < 4.78 is 63.3. The highest BCUT2D eigenvalue weighted by atomic mass is 19.4. The zero-order valence-corrected chi connectivity index (χ0v) is 7.54. The van der Waals surface area contributed by atoms with E-state index in [1.807, 2.05) is 0 Å². The molecule has 0 aliphatic heterocycles. The van der Waals surface area contributed by atoms with E-state index in [9.17, 15) is 22.0 Å². The first-order valence-corrected chi connectivity index (χ1v) is 4.14. The lowest BCUT2D eigenvalue weighted by Gasteiger charge is -2.18. The number of halogens is 5. The van der Waals surface area contributed by atoms with E-state index >= 15 is 0 Å². The molecule has 0 aliphatic rings. The lowest BCUT2D eigenvalue weighted by Crippen LogP contribution is -2.29. The van der Waals surface area contributed by atoms with E-state index < -0.39 is 18.7 Å². The highest BCUT2D eigenvalue weighted by molar-refractivity contribution is 4.60. The van der Waals surface area contributed by atoms with Gasteiger partial charge in [-0.15, -0.1) is 0 Å². The van der Waals surface area contributed by atoms with Crippen molar-refractivity contribution in [3.63, 3.8) is 0 Å². The summed E-state index contributed by atoms with van der Waals surface area (Å²) in [5, 5.41) is 0. The summed E-state index contributed by atoms with van der Waals surface area (Å²) in [6, 6.07) is 0. The molecule has 0 aromatic heterocycles. The molecule has 1 radical (unpaired) electrons. The van der Waals surface area contributed by atoms with E-state index in [-0.39, 0.29) is 13.0 Å². The highest BCUT2D eigenvalue weighted by Gasteiger charge is 2.44. The minimum absolute atomic E-state index is 0.289. The Kier molecular flexibility index (Phi) is 5.33. The molecular formula is C8H12F5O. The first-order chi connectivity index (χ1) is 6.27. The Morgan fingerprint density at radius 1 is 1.00 bits per heavy atom. The molecule has 0 N–H and O–H groups in total. The summed E-state index contributed by atoms with van der Waals surface area (Å²) in [5.74, 6) is 0. The van der Waals surface area contributed by atoms with E-state index in [2.05, 4.69) is 11.7 Å². The number of ether oxygens (including phenoxy) is 1. The van der Waals surface area contributed by atoms with Gasteiger partial charge in [-0.05, 0) is 6.42 Å². The van der Waals surface area contributed by atoms with E-state index in [1.165, 1.54) is 0 Å². The lowest BCUT2D eigenvalue weighted by molar-refractivity contribution is -0.292. The lowest BCUT2D eigenvalue weighted by atomic mass is 10.3. The molecule has 0 atom stereocenters. The predicted molar refractivity (Wildman–Crippen MR) is 40.8 cm³/mol. The zero-order chi connectivity index (χ0) is 11.2. The second kappa shape index (κ2) is 5.48. The van der Waals surface area contributed by atoms with Gasteiger partial charge >= 0.3 is 12.3 Å². The fourth-order valence-electron chi connectivity index (χ4n) is 0.785. The van der Waals surface area contributed by atoms with Gasteiger partial charge < -0.3 is 4.74 Å². The van der Waals surface area contributed by atoms with E-state index in [4.69, 9.17) is 0 Å². The standard InChI is InChI=1S/C8H12F5O/c1-2-3-4-5-14-8(12,13)6-7(9,10)11/h1-6H2. The first kappa shape index (κ1) is 13.6. The third-order valence-corrected chi connectivity index (χ3v) is 1.36. The molecule has 0 aliphatic carbocycles. The third kappa shape index (κ3) is 8.22. The topological polar surface area (TPSA) is 9.23 Å². The summed E-state index contributed by atoms with van der Waals surface area (Å²) in [5.41, 5.74) is 0. The van der Waals surface area contributed by atoms with Gasteiger partial charge in [-0.2, -0.15) is 22.0 Å². The van der Waals surface area contributed by atoms with Crippen molar-refractivity contribution in [3.8, 4) is 0 Å². The van der Waals surface area contributed by atoms with Crippen LogP contribution in [-0.2, 0) is 4.74 Å². The number of hydrogen-bond acceptors (Lipinski definition) is 1. The Labute approximate surface area is 79.2 Å². The van der Waals surface area contributed by atoms with E-state index in [1.54, 1.807) is 0 Å². The van der Waals surface area contributed by atoms with Crippen molar-refractivity contribution in [2.75, 3.05) is 6.61 Å². The molecular weight excluding hydrogens is 207 g/mol. The average molecular weight is 219 g/mol. The fraction of sp³-hybridized carbons (Fsp3) is 0.875. The van der Waals surface area contributed by atoms with Crippen molar-refractivity contribution in [1.29, 1.82) is 0 Å². The average Bonchev–Trinajstić information content (AvgIpc) is 1.93. The molecule has 0 spiro atoms. The molecule has 0 aromatic carbocycles. The molecule has 0 unspecified atom stereocenters. The van der Waals surface area contributed by atoms with Gasteiger partial charge in [-0.1, -0.05) is 19.8 Å². The van der Waals surface area contributed by atoms with Gasteiger partial charge in [-0.25, -0.2) is 0 Å². The molecule has 14 heavy (non-hydrogen) atoms. The number of unbranched alkanes of at least 4 members (excludes halogenated alkanes) is 2. The van der Waals surface area contributed by atoms with Crippen molar-refractivity contribution >= 4 is 0 Å². The molecule has 0 aromatic rings. The number of rotatable bonds is 6. The predicted octanol–water partition coefficient (Wildman–Crippen LogP) is 3.55. The first-order valence-electron chi connectivity index (χ1n) is 4.14. The van der Waals surface area contributed by atoms with Gasteiger partial charge in [0.25, 0.3) is 0 Å². The maximum absolute atomic E-state index is 12.4.